The van der Waals surface area contributed by atoms with Gasteiger partial charge < -0.3 is 4.52 Å². The molecule has 1 saturated carbocycles. The minimum absolute atomic E-state index is 0.0927. The SMILES string of the molecule is FC(F)(F)OC1CC(c2ncno2)C1. The molecule has 0 spiro atoms. The minimum atomic E-state index is -4.55. The number of hydrogen-bond donors (Lipinski definition) is 0. The van der Waals surface area contributed by atoms with Crippen molar-refractivity contribution in [3.8, 4) is 0 Å². The molecular weight excluding hydrogens is 201 g/mol. The average molecular weight is 208 g/mol. The summed E-state index contributed by atoms with van der Waals surface area (Å²) in [5, 5.41) is 3.38. The van der Waals surface area contributed by atoms with Crippen LogP contribution in [-0.2, 0) is 4.74 Å². The summed E-state index contributed by atoms with van der Waals surface area (Å²) >= 11 is 0. The minimum Gasteiger partial charge on any atom is -0.339 e. The van der Waals surface area contributed by atoms with Gasteiger partial charge in [0.25, 0.3) is 0 Å². The van der Waals surface area contributed by atoms with E-state index >= 15 is 0 Å². The first kappa shape index (κ1) is 9.45. The first-order valence-electron chi connectivity index (χ1n) is 4.06. The van der Waals surface area contributed by atoms with Crippen LogP contribution in [0.15, 0.2) is 10.9 Å². The fraction of sp³-hybridized carbons (Fsp3) is 0.714. The zero-order chi connectivity index (χ0) is 10.2. The Bertz CT molecular complexity index is 292. The Kier molecular flexibility index (Phi) is 2.18. The summed E-state index contributed by atoms with van der Waals surface area (Å²) in [5.74, 6) is 0.289. The molecule has 7 heteroatoms. The van der Waals surface area contributed by atoms with Gasteiger partial charge in [-0.1, -0.05) is 5.16 Å². The predicted octanol–water partition coefficient (Wildman–Crippen LogP) is 1.85. The van der Waals surface area contributed by atoms with Gasteiger partial charge in [-0.15, -0.1) is 13.2 Å². The predicted molar refractivity (Wildman–Crippen MR) is 37.2 cm³/mol. The maximum atomic E-state index is 11.7. The van der Waals surface area contributed by atoms with Crippen LogP contribution in [0.25, 0.3) is 0 Å². The molecule has 4 nitrogen and oxygen atoms in total. The topological polar surface area (TPSA) is 48.2 Å². The quantitative estimate of drug-likeness (QED) is 0.744. The summed E-state index contributed by atoms with van der Waals surface area (Å²) < 4.78 is 43.7. The van der Waals surface area contributed by atoms with Gasteiger partial charge in [0, 0.05) is 5.92 Å². The number of rotatable bonds is 2. The second-order valence-corrected chi connectivity index (χ2v) is 3.13. The molecule has 1 aromatic rings. The number of alkyl halides is 3. The zero-order valence-electron chi connectivity index (χ0n) is 6.99. The van der Waals surface area contributed by atoms with Crippen molar-refractivity contribution < 1.29 is 22.4 Å². The van der Waals surface area contributed by atoms with Crippen molar-refractivity contribution in [2.45, 2.75) is 31.2 Å². The van der Waals surface area contributed by atoms with Crippen LogP contribution in [0.3, 0.4) is 0 Å². The van der Waals surface area contributed by atoms with Crippen molar-refractivity contribution in [2.24, 2.45) is 0 Å². The van der Waals surface area contributed by atoms with E-state index in [-0.39, 0.29) is 18.8 Å². The van der Waals surface area contributed by atoms with E-state index in [1.807, 2.05) is 0 Å². The first-order chi connectivity index (χ1) is 6.54. The van der Waals surface area contributed by atoms with Gasteiger partial charge in [0.15, 0.2) is 6.33 Å². The Morgan fingerprint density at radius 1 is 1.43 bits per heavy atom. The molecule has 0 aromatic carbocycles. The van der Waals surface area contributed by atoms with E-state index in [2.05, 4.69) is 14.9 Å². The highest BCUT2D eigenvalue weighted by molar-refractivity contribution is 4.99. The Balaban J connectivity index is 1.80. The molecule has 0 N–H and O–H groups in total. The lowest BCUT2D eigenvalue weighted by Crippen LogP contribution is -2.34. The van der Waals surface area contributed by atoms with Crippen LogP contribution < -0.4 is 0 Å². The van der Waals surface area contributed by atoms with Crippen molar-refractivity contribution in [1.82, 2.24) is 10.1 Å². The molecule has 0 amide bonds. The summed E-state index contributed by atoms with van der Waals surface area (Å²) in [5.41, 5.74) is 0. The lowest BCUT2D eigenvalue weighted by atomic mass is 9.82. The molecule has 0 saturated heterocycles. The third kappa shape index (κ3) is 2.03. The summed E-state index contributed by atoms with van der Waals surface area (Å²) in [7, 11) is 0. The van der Waals surface area contributed by atoms with Crippen LogP contribution in [0.5, 0.6) is 0 Å². The maximum Gasteiger partial charge on any atom is 0.522 e. The van der Waals surface area contributed by atoms with Crippen molar-refractivity contribution >= 4 is 0 Å². The largest absolute Gasteiger partial charge is 0.522 e. The van der Waals surface area contributed by atoms with Gasteiger partial charge in [-0.3, -0.25) is 4.74 Å². The summed E-state index contributed by atoms with van der Waals surface area (Å²) in [4.78, 5) is 3.75. The normalized spacial score (nSPS) is 27.4. The van der Waals surface area contributed by atoms with Gasteiger partial charge in [-0.25, -0.2) is 0 Å². The van der Waals surface area contributed by atoms with E-state index in [9.17, 15) is 13.2 Å². The molecule has 1 aliphatic carbocycles. The van der Waals surface area contributed by atoms with Gasteiger partial charge in [0.2, 0.25) is 5.89 Å². The number of hydrogen-bond acceptors (Lipinski definition) is 4. The van der Waals surface area contributed by atoms with Crippen LogP contribution in [0.4, 0.5) is 13.2 Å². The smallest absolute Gasteiger partial charge is 0.339 e. The summed E-state index contributed by atoms with van der Waals surface area (Å²) in [6.07, 6.45) is -3.53. The van der Waals surface area contributed by atoms with Gasteiger partial charge >= 0.3 is 6.36 Å². The van der Waals surface area contributed by atoms with Crippen LogP contribution >= 0.6 is 0 Å². The number of nitrogens with zero attached hydrogens (tertiary/aromatic N) is 2. The molecule has 1 aliphatic rings. The van der Waals surface area contributed by atoms with E-state index in [0.717, 1.165) is 0 Å². The number of aromatic nitrogens is 2. The highest BCUT2D eigenvalue weighted by Gasteiger charge is 2.42. The standard InChI is InChI=1S/C7H7F3N2O2/c8-7(9,10)13-5-1-4(2-5)6-11-3-12-14-6/h3-5H,1-2H2. The molecule has 14 heavy (non-hydrogen) atoms. The fourth-order valence-electron chi connectivity index (χ4n) is 1.41. The maximum absolute atomic E-state index is 11.7. The molecule has 78 valence electrons. The van der Waals surface area contributed by atoms with Gasteiger partial charge in [0.1, 0.15) is 0 Å². The second kappa shape index (κ2) is 3.23. The molecule has 1 heterocycles. The van der Waals surface area contributed by atoms with E-state index < -0.39 is 12.5 Å². The first-order valence-corrected chi connectivity index (χ1v) is 4.06. The molecule has 0 atom stereocenters. The molecular formula is C7H7F3N2O2. The van der Waals surface area contributed by atoms with Crippen molar-refractivity contribution in [3.63, 3.8) is 0 Å². The Hall–Kier alpha value is -1.11. The Morgan fingerprint density at radius 2 is 2.14 bits per heavy atom. The van der Waals surface area contributed by atoms with E-state index in [1.165, 1.54) is 6.33 Å². The van der Waals surface area contributed by atoms with E-state index in [0.29, 0.717) is 5.89 Å². The van der Waals surface area contributed by atoms with Crippen molar-refractivity contribution in [2.75, 3.05) is 0 Å². The highest BCUT2D eigenvalue weighted by atomic mass is 19.4. The van der Waals surface area contributed by atoms with Crippen LogP contribution in [0.1, 0.15) is 24.7 Å². The molecule has 2 rings (SSSR count). The molecule has 0 unspecified atom stereocenters. The Labute approximate surface area is 77.0 Å². The molecule has 0 aliphatic heterocycles. The van der Waals surface area contributed by atoms with Crippen LogP contribution in [0, 0.1) is 0 Å². The number of ether oxygens (including phenoxy) is 1. The zero-order valence-corrected chi connectivity index (χ0v) is 6.99. The van der Waals surface area contributed by atoms with Gasteiger partial charge in [-0.05, 0) is 12.8 Å². The average Bonchev–Trinajstić information content (AvgIpc) is 2.45. The fourth-order valence-corrected chi connectivity index (χ4v) is 1.41. The molecule has 0 radical (unpaired) electrons. The van der Waals surface area contributed by atoms with Crippen molar-refractivity contribution in [3.05, 3.63) is 12.2 Å². The summed E-state index contributed by atoms with van der Waals surface area (Å²) in [6.45, 7) is 0. The Morgan fingerprint density at radius 3 is 2.64 bits per heavy atom. The van der Waals surface area contributed by atoms with E-state index in [4.69, 9.17) is 4.52 Å². The van der Waals surface area contributed by atoms with Crippen molar-refractivity contribution in [1.29, 1.82) is 0 Å². The monoisotopic (exact) mass is 208 g/mol. The van der Waals surface area contributed by atoms with Gasteiger partial charge in [-0.2, -0.15) is 4.98 Å². The lowest BCUT2D eigenvalue weighted by Gasteiger charge is -2.32. The van der Waals surface area contributed by atoms with Crippen LogP contribution in [-0.4, -0.2) is 22.6 Å². The number of halogens is 3. The van der Waals surface area contributed by atoms with Crippen LogP contribution in [0.2, 0.25) is 0 Å². The highest BCUT2D eigenvalue weighted by Crippen LogP contribution is 2.40. The van der Waals surface area contributed by atoms with Gasteiger partial charge in [0.05, 0.1) is 6.10 Å². The summed E-state index contributed by atoms with van der Waals surface area (Å²) in [6, 6.07) is 0. The second-order valence-electron chi connectivity index (χ2n) is 3.13. The molecule has 1 fully saturated rings. The third-order valence-electron chi connectivity index (χ3n) is 2.12. The van der Waals surface area contributed by atoms with E-state index in [1.54, 1.807) is 0 Å². The lowest BCUT2D eigenvalue weighted by molar-refractivity contribution is -0.352. The molecule has 0 bridgehead atoms. The molecule has 1 aromatic heterocycles. The third-order valence-corrected chi connectivity index (χ3v) is 2.12.